The van der Waals surface area contributed by atoms with E-state index in [0.717, 1.165) is 25.3 Å². The van der Waals surface area contributed by atoms with Gasteiger partial charge in [0.05, 0.1) is 0 Å². The summed E-state index contributed by atoms with van der Waals surface area (Å²) >= 11 is 0. The van der Waals surface area contributed by atoms with Crippen LogP contribution in [0.25, 0.3) is 0 Å². The second-order valence-corrected chi connectivity index (χ2v) is 7.18. The maximum absolute atomic E-state index is 6.02. The predicted octanol–water partition coefficient (Wildman–Crippen LogP) is 3.54. The quantitative estimate of drug-likeness (QED) is 0.871. The van der Waals surface area contributed by atoms with Crippen LogP contribution in [0, 0.1) is 11.8 Å². The van der Waals surface area contributed by atoms with Crippen LogP contribution in [0.1, 0.15) is 57.4 Å². The molecular weight excluding hydrogens is 258 g/mol. The topological polar surface area (TPSA) is 42.2 Å². The molecule has 21 heavy (non-hydrogen) atoms. The minimum atomic E-state index is 0.586. The van der Waals surface area contributed by atoms with Crippen LogP contribution < -0.4 is 10.6 Å². The number of rotatable bonds is 6. The van der Waals surface area contributed by atoms with Crippen LogP contribution in [0.3, 0.4) is 0 Å². The van der Waals surface area contributed by atoms with Crippen LogP contribution >= 0.6 is 0 Å². The van der Waals surface area contributed by atoms with Crippen LogP contribution in [0.15, 0.2) is 6.07 Å². The highest BCUT2D eigenvalue weighted by atomic mass is 15.2. The average molecular weight is 289 g/mol. The number of aromatic nitrogens is 1. The van der Waals surface area contributed by atoms with Gasteiger partial charge in [-0.3, -0.25) is 0 Å². The summed E-state index contributed by atoms with van der Waals surface area (Å²) in [6.07, 6.45) is 4.86. The van der Waals surface area contributed by atoms with Crippen molar-refractivity contribution in [3.63, 3.8) is 0 Å². The van der Waals surface area contributed by atoms with Gasteiger partial charge in [-0.15, -0.1) is 0 Å². The maximum atomic E-state index is 6.02. The first-order valence-electron chi connectivity index (χ1n) is 8.48. The molecule has 0 saturated carbocycles. The van der Waals surface area contributed by atoms with Gasteiger partial charge in [0.1, 0.15) is 5.82 Å². The van der Waals surface area contributed by atoms with Crippen LogP contribution in [0.2, 0.25) is 0 Å². The van der Waals surface area contributed by atoms with Gasteiger partial charge in [-0.05, 0) is 49.1 Å². The predicted molar refractivity (Wildman–Crippen MR) is 90.7 cm³/mol. The third-order valence-electron chi connectivity index (χ3n) is 4.05. The lowest BCUT2D eigenvalue weighted by Gasteiger charge is -2.30. The molecule has 0 aromatic carbocycles. The van der Waals surface area contributed by atoms with E-state index in [0.29, 0.717) is 18.4 Å². The molecule has 0 bridgehead atoms. The molecule has 1 aromatic rings. The molecule has 0 fully saturated rings. The summed E-state index contributed by atoms with van der Waals surface area (Å²) in [4.78, 5) is 7.49. The first kappa shape index (κ1) is 16.3. The van der Waals surface area contributed by atoms with Gasteiger partial charge in [0.2, 0.25) is 0 Å². The van der Waals surface area contributed by atoms with Gasteiger partial charge in [-0.2, -0.15) is 0 Å². The number of fused-ring (bicyclic) bond motifs is 1. The lowest BCUT2D eigenvalue weighted by atomic mass is 9.94. The summed E-state index contributed by atoms with van der Waals surface area (Å²) in [7, 11) is 0. The average Bonchev–Trinajstić information content (AvgIpc) is 2.44. The summed E-state index contributed by atoms with van der Waals surface area (Å²) in [6.45, 7) is 11.8. The minimum Gasteiger partial charge on any atom is -0.356 e. The Labute approximate surface area is 129 Å². The van der Waals surface area contributed by atoms with Crippen molar-refractivity contribution in [2.45, 2.75) is 59.9 Å². The molecule has 3 heteroatoms. The largest absolute Gasteiger partial charge is 0.356 e. The first-order chi connectivity index (χ1) is 10.0. The summed E-state index contributed by atoms with van der Waals surface area (Å²) in [5.74, 6) is 2.40. The standard InChI is InChI=1S/C18H31N3/c1-13(2)11-21(12-14(3)4)18-16(10-19)9-15-7-5-6-8-17(15)20-18/h9,13-14H,5-8,10-12,19H2,1-4H3. The van der Waals surface area contributed by atoms with Gasteiger partial charge in [0.15, 0.2) is 0 Å². The van der Waals surface area contributed by atoms with Gasteiger partial charge in [0, 0.05) is 30.9 Å². The molecule has 3 nitrogen and oxygen atoms in total. The zero-order valence-electron chi connectivity index (χ0n) is 14.2. The third kappa shape index (κ3) is 4.19. The van der Waals surface area contributed by atoms with Crippen LogP contribution in [-0.4, -0.2) is 18.1 Å². The highest BCUT2D eigenvalue weighted by Gasteiger charge is 2.19. The van der Waals surface area contributed by atoms with E-state index in [9.17, 15) is 0 Å². The van der Waals surface area contributed by atoms with Crippen molar-refractivity contribution < 1.29 is 0 Å². The van der Waals surface area contributed by atoms with Crippen molar-refractivity contribution >= 4 is 5.82 Å². The normalized spacial score (nSPS) is 14.6. The molecule has 0 radical (unpaired) electrons. The monoisotopic (exact) mass is 289 g/mol. The molecule has 0 amide bonds. The van der Waals surface area contributed by atoms with Gasteiger partial charge < -0.3 is 10.6 Å². The van der Waals surface area contributed by atoms with Crippen molar-refractivity contribution in [1.82, 2.24) is 4.98 Å². The summed E-state index contributed by atoms with van der Waals surface area (Å²) < 4.78 is 0. The molecule has 0 aliphatic heterocycles. The summed E-state index contributed by atoms with van der Waals surface area (Å²) in [5.41, 5.74) is 9.98. The Kier molecular flexibility index (Phi) is 5.63. The number of hydrogen-bond acceptors (Lipinski definition) is 3. The minimum absolute atomic E-state index is 0.586. The van der Waals surface area contributed by atoms with Crippen molar-refractivity contribution in [3.8, 4) is 0 Å². The zero-order chi connectivity index (χ0) is 15.4. The van der Waals surface area contributed by atoms with E-state index in [1.54, 1.807) is 0 Å². The van der Waals surface area contributed by atoms with Crippen molar-refractivity contribution in [3.05, 3.63) is 22.9 Å². The summed E-state index contributed by atoms with van der Waals surface area (Å²) in [5, 5.41) is 0. The molecule has 0 saturated heterocycles. The molecule has 1 aromatic heterocycles. The Bertz CT molecular complexity index is 456. The third-order valence-corrected chi connectivity index (χ3v) is 4.05. The molecular formula is C18H31N3. The second-order valence-electron chi connectivity index (χ2n) is 7.18. The fourth-order valence-corrected chi connectivity index (χ4v) is 3.22. The molecule has 2 N–H and O–H groups in total. The Morgan fingerprint density at radius 3 is 2.29 bits per heavy atom. The highest BCUT2D eigenvalue weighted by Crippen LogP contribution is 2.27. The first-order valence-corrected chi connectivity index (χ1v) is 8.48. The van der Waals surface area contributed by atoms with Crippen LogP contribution in [0.5, 0.6) is 0 Å². The van der Waals surface area contributed by atoms with Gasteiger partial charge in [-0.25, -0.2) is 4.98 Å². The van der Waals surface area contributed by atoms with Crippen molar-refractivity contribution in [1.29, 1.82) is 0 Å². The van der Waals surface area contributed by atoms with E-state index in [1.807, 2.05) is 0 Å². The Morgan fingerprint density at radius 1 is 1.10 bits per heavy atom. The molecule has 0 atom stereocenters. The van der Waals surface area contributed by atoms with Gasteiger partial charge in [-0.1, -0.05) is 27.7 Å². The van der Waals surface area contributed by atoms with E-state index in [4.69, 9.17) is 10.7 Å². The number of nitrogens with two attached hydrogens (primary N) is 1. The number of hydrogen-bond donors (Lipinski definition) is 1. The Hall–Kier alpha value is -1.09. The zero-order valence-corrected chi connectivity index (χ0v) is 14.2. The Balaban J connectivity index is 2.37. The number of nitrogens with zero attached hydrogens (tertiary/aromatic N) is 2. The lowest BCUT2D eigenvalue weighted by molar-refractivity contribution is 0.545. The molecule has 118 valence electrons. The SMILES string of the molecule is CC(C)CN(CC(C)C)c1nc2c(cc1CN)CCCC2. The summed E-state index contributed by atoms with van der Waals surface area (Å²) in [6, 6.07) is 2.32. The van der Waals surface area contributed by atoms with Gasteiger partial charge in [0.25, 0.3) is 0 Å². The lowest BCUT2D eigenvalue weighted by Crippen LogP contribution is -2.33. The molecule has 0 unspecified atom stereocenters. The van der Waals surface area contributed by atoms with E-state index in [1.165, 1.54) is 36.1 Å². The van der Waals surface area contributed by atoms with E-state index >= 15 is 0 Å². The molecule has 2 rings (SSSR count). The van der Waals surface area contributed by atoms with Crippen molar-refractivity contribution in [2.75, 3.05) is 18.0 Å². The van der Waals surface area contributed by atoms with Crippen LogP contribution in [-0.2, 0) is 19.4 Å². The fraction of sp³-hybridized carbons (Fsp3) is 0.722. The van der Waals surface area contributed by atoms with E-state index in [-0.39, 0.29) is 0 Å². The molecule has 0 spiro atoms. The van der Waals surface area contributed by atoms with Crippen LogP contribution in [0.4, 0.5) is 5.82 Å². The maximum Gasteiger partial charge on any atom is 0.133 e. The Morgan fingerprint density at radius 2 is 1.71 bits per heavy atom. The number of pyridine rings is 1. The molecule has 1 aliphatic carbocycles. The smallest absolute Gasteiger partial charge is 0.133 e. The van der Waals surface area contributed by atoms with E-state index in [2.05, 4.69) is 38.7 Å². The van der Waals surface area contributed by atoms with E-state index < -0.39 is 0 Å². The fourth-order valence-electron chi connectivity index (χ4n) is 3.22. The highest BCUT2D eigenvalue weighted by molar-refractivity contribution is 5.50. The number of anilines is 1. The molecule has 1 heterocycles. The van der Waals surface area contributed by atoms with Crippen molar-refractivity contribution in [2.24, 2.45) is 17.6 Å². The van der Waals surface area contributed by atoms with Gasteiger partial charge >= 0.3 is 0 Å². The molecule has 1 aliphatic rings. The second kappa shape index (κ2) is 7.26. The number of aryl methyl sites for hydroxylation is 2.